The summed E-state index contributed by atoms with van der Waals surface area (Å²) in [6, 6.07) is 15.7. The van der Waals surface area contributed by atoms with E-state index in [1.165, 1.54) is 5.56 Å². The molecule has 0 bridgehead atoms. The first-order valence-electron chi connectivity index (χ1n) is 8.32. The Morgan fingerprint density at radius 3 is 2.69 bits per heavy atom. The number of carbonyl (C=O) groups is 1. The fraction of sp³-hybridized carbons (Fsp3) is 0.158. The van der Waals surface area contributed by atoms with Crippen molar-refractivity contribution in [1.82, 2.24) is 19.8 Å². The summed E-state index contributed by atoms with van der Waals surface area (Å²) >= 11 is 0. The fourth-order valence-electron chi connectivity index (χ4n) is 2.76. The summed E-state index contributed by atoms with van der Waals surface area (Å²) in [4.78, 5) is 16.8. The molecule has 0 radical (unpaired) electrons. The zero-order valence-corrected chi connectivity index (χ0v) is 14.4. The molecule has 4 aromatic rings. The topological polar surface area (TPSA) is 81.4 Å². The largest absolute Gasteiger partial charge is 0.461 e. The van der Waals surface area contributed by atoms with E-state index >= 15 is 0 Å². The van der Waals surface area contributed by atoms with Gasteiger partial charge < -0.3 is 10.1 Å². The highest BCUT2D eigenvalue weighted by Crippen LogP contribution is 2.26. The minimum Gasteiger partial charge on any atom is -0.461 e. The normalized spacial score (nSPS) is 11.0. The predicted octanol–water partition coefficient (Wildman–Crippen LogP) is 3.51. The Balaban J connectivity index is 1.90. The van der Waals surface area contributed by atoms with Crippen molar-refractivity contribution in [1.29, 1.82) is 0 Å². The van der Waals surface area contributed by atoms with Crippen LogP contribution in [0.3, 0.4) is 0 Å². The molecule has 0 saturated heterocycles. The van der Waals surface area contributed by atoms with Gasteiger partial charge in [-0.05, 0) is 38.1 Å². The first kappa shape index (κ1) is 16.0. The number of para-hydroxylation sites is 1. The number of hydrogen-bond donors (Lipinski definition) is 1. The molecule has 130 valence electrons. The van der Waals surface area contributed by atoms with Crippen molar-refractivity contribution in [2.24, 2.45) is 0 Å². The molecular formula is C19H17N5O2. The third kappa shape index (κ3) is 2.73. The highest BCUT2D eigenvalue weighted by molar-refractivity contribution is 5.98. The maximum atomic E-state index is 12.2. The van der Waals surface area contributed by atoms with Crippen LogP contribution in [-0.4, -0.2) is 32.4 Å². The summed E-state index contributed by atoms with van der Waals surface area (Å²) in [6.45, 7) is 4.05. The van der Waals surface area contributed by atoms with Crippen molar-refractivity contribution < 1.29 is 9.53 Å². The van der Waals surface area contributed by atoms with E-state index in [1.54, 1.807) is 11.4 Å². The number of esters is 1. The minimum absolute atomic E-state index is 0.101. The van der Waals surface area contributed by atoms with Crippen LogP contribution in [0.1, 0.15) is 23.0 Å². The summed E-state index contributed by atoms with van der Waals surface area (Å²) in [5.41, 5.74) is 3.34. The number of hydrogen-bond acceptors (Lipinski definition) is 6. The van der Waals surface area contributed by atoms with Crippen molar-refractivity contribution in [3.8, 4) is 0 Å². The van der Waals surface area contributed by atoms with E-state index in [4.69, 9.17) is 4.74 Å². The Bertz CT molecular complexity index is 1100. The number of anilines is 2. The molecule has 0 unspecified atom stereocenters. The molecule has 0 aliphatic carbocycles. The van der Waals surface area contributed by atoms with Gasteiger partial charge in [0.2, 0.25) is 5.69 Å². The molecule has 0 spiro atoms. The molecule has 0 aliphatic rings. The molecule has 0 fully saturated rings. The predicted molar refractivity (Wildman–Crippen MR) is 98.7 cm³/mol. The standard InChI is InChI=1S/C19H17N5O2/c1-3-26-19(25)16-18-21-17(20-13-10-8-12(2)9-11-13)14-6-4-5-7-15(14)24(18)23-22-16/h4-11H,3H2,1-2H3,(H,20,21). The first-order valence-corrected chi connectivity index (χ1v) is 8.32. The quantitative estimate of drug-likeness (QED) is 0.569. The number of aryl methyl sites for hydroxylation is 1. The average Bonchev–Trinajstić information content (AvgIpc) is 3.08. The van der Waals surface area contributed by atoms with Crippen LogP contribution in [-0.2, 0) is 4.74 Å². The van der Waals surface area contributed by atoms with Crippen molar-refractivity contribution in [2.45, 2.75) is 13.8 Å². The summed E-state index contributed by atoms with van der Waals surface area (Å²) in [7, 11) is 0. The van der Waals surface area contributed by atoms with Gasteiger partial charge in [0, 0.05) is 11.1 Å². The molecule has 2 heterocycles. The summed E-state index contributed by atoms with van der Waals surface area (Å²) in [5, 5.41) is 12.3. The Morgan fingerprint density at radius 2 is 1.92 bits per heavy atom. The molecule has 2 aromatic carbocycles. The lowest BCUT2D eigenvalue weighted by Gasteiger charge is -2.10. The van der Waals surface area contributed by atoms with Crippen LogP contribution in [0.4, 0.5) is 11.5 Å². The summed E-state index contributed by atoms with van der Waals surface area (Å²) < 4.78 is 6.62. The maximum absolute atomic E-state index is 12.2. The van der Waals surface area contributed by atoms with Crippen molar-refractivity contribution in [2.75, 3.05) is 11.9 Å². The molecule has 26 heavy (non-hydrogen) atoms. The number of carbonyl (C=O) groups excluding carboxylic acids is 1. The SMILES string of the molecule is CCOC(=O)c1nnn2c1nc(Nc1ccc(C)cc1)c1ccccc12. The van der Waals surface area contributed by atoms with Gasteiger partial charge in [-0.15, -0.1) is 5.10 Å². The van der Waals surface area contributed by atoms with Crippen molar-refractivity contribution >= 4 is 34.0 Å². The van der Waals surface area contributed by atoms with Crippen LogP contribution in [0.15, 0.2) is 48.5 Å². The van der Waals surface area contributed by atoms with Gasteiger partial charge in [0.05, 0.1) is 12.1 Å². The lowest BCUT2D eigenvalue weighted by Crippen LogP contribution is -2.07. The number of ether oxygens (including phenoxy) is 1. The Labute approximate surface area is 149 Å². The molecule has 0 atom stereocenters. The van der Waals surface area contributed by atoms with Crippen molar-refractivity contribution in [3.05, 3.63) is 59.8 Å². The van der Waals surface area contributed by atoms with Gasteiger partial charge in [-0.1, -0.05) is 35.0 Å². The second-order valence-electron chi connectivity index (χ2n) is 5.86. The summed E-state index contributed by atoms with van der Waals surface area (Å²) in [5.74, 6) is 0.0939. The third-order valence-electron chi connectivity index (χ3n) is 4.03. The maximum Gasteiger partial charge on any atom is 0.362 e. The van der Waals surface area contributed by atoms with E-state index < -0.39 is 5.97 Å². The number of aromatic nitrogens is 4. The van der Waals surface area contributed by atoms with Crippen LogP contribution in [0.2, 0.25) is 0 Å². The lowest BCUT2D eigenvalue weighted by atomic mass is 10.2. The first-order chi connectivity index (χ1) is 12.7. The molecule has 0 amide bonds. The van der Waals surface area contributed by atoms with Crippen LogP contribution in [0, 0.1) is 6.92 Å². The van der Waals surface area contributed by atoms with E-state index in [2.05, 4.69) is 20.6 Å². The second-order valence-corrected chi connectivity index (χ2v) is 5.86. The number of nitrogens with zero attached hydrogens (tertiary/aromatic N) is 4. The number of benzene rings is 2. The molecule has 7 heteroatoms. The molecule has 0 aliphatic heterocycles. The minimum atomic E-state index is -0.536. The molecule has 1 N–H and O–H groups in total. The molecule has 2 aromatic heterocycles. The third-order valence-corrected chi connectivity index (χ3v) is 4.03. The van der Waals surface area contributed by atoms with E-state index in [-0.39, 0.29) is 12.3 Å². The fourth-order valence-corrected chi connectivity index (χ4v) is 2.76. The molecule has 7 nitrogen and oxygen atoms in total. The Kier molecular flexibility index (Phi) is 3.96. The van der Waals surface area contributed by atoms with Gasteiger partial charge in [0.25, 0.3) is 0 Å². The second kappa shape index (κ2) is 6.44. The van der Waals surface area contributed by atoms with Gasteiger partial charge in [-0.3, -0.25) is 0 Å². The van der Waals surface area contributed by atoms with Crippen LogP contribution in [0.5, 0.6) is 0 Å². The summed E-state index contributed by atoms with van der Waals surface area (Å²) in [6.07, 6.45) is 0. The van der Waals surface area contributed by atoms with E-state index in [0.29, 0.717) is 11.5 Å². The van der Waals surface area contributed by atoms with E-state index in [9.17, 15) is 4.79 Å². The van der Waals surface area contributed by atoms with Crippen LogP contribution < -0.4 is 5.32 Å². The van der Waals surface area contributed by atoms with Crippen LogP contribution in [0.25, 0.3) is 16.6 Å². The van der Waals surface area contributed by atoms with Crippen molar-refractivity contribution in [3.63, 3.8) is 0 Å². The number of nitrogens with one attached hydrogen (secondary N) is 1. The van der Waals surface area contributed by atoms with E-state index in [0.717, 1.165) is 16.6 Å². The molecule has 0 saturated carbocycles. The Morgan fingerprint density at radius 1 is 1.15 bits per heavy atom. The number of fused-ring (bicyclic) bond motifs is 3. The zero-order chi connectivity index (χ0) is 18.1. The van der Waals surface area contributed by atoms with Gasteiger partial charge in [-0.2, -0.15) is 4.52 Å². The monoisotopic (exact) mass is 347 g/mol. The highest BCUT2D eigenvalue weighted by Gasteiger charge is 2.20. The lowest BCUT2D eigenvalue weighted by molar-refractivity contribution is 0.0521. The van der Waals surface area contributed by atoms with Gasteiger partial charge in [-0.25, -0.2) is 9.78 Å². The Hall–Kier alpha value is -3.48. The molecular weight excluding hydrogens is 330 g/mol. The smallest absolute Gasteiger partial charge is 0.362 e. The van der Waals surface area contributed by atoms with Gasteiger partial charge in [0.1, 0.15) is 5.82 Å². The highest BCUT2D eigenvalue weighted by atomic mass is 16.5. The number of rotatable bonds is 4. The molecule has 4 rings (SSSR count). The van der Waals surface area contributed by atoms with Crippen LogP contribution >= 0.6 is 0 Å². The average molecular weight is 347 g/mol. The zero-order valence-electron chi connectivity index (χ0n) is 14.4. The van der Waals surface area contributed by atoms with Gasteiger partial charge >= 0.3 is 5.97 Å². The van der Waals surface area contributed by atoms with Gasteiger partial charge in [0.15, 0.2) is 5.65 Å². The van der Waals surface area contributed by atoms with E-state index in [1.807, 2.05) is 55.5 Å².